The van der Waals surface area contributed by atoms with Gasteiger partial charge in [-0.25, -0.2) is 0 Å². The van der Waals surface area contributed by atoms with Crippen LogP contribution in [0.15, 0.2) is 4.99 Å². The number of rotatable bonds is 5. The number of piperazine rings is 1. The van der Waals surface area contributed by atoms with Crippen LogP contribution in [0.4, 0.5) is 0 Å². The Hall–Kier alpha value is -0.120. The monoisotopic (exact) mass is 453 g/mol. The van der Waals surface area contributed by atoms with E-state index in [0.29, 0.717) is 18.2 Å². The summed E-state index contributed by atoms with van der Waals surface area (Å²) >= 11 is 0. The normalized spacial score (nSPS) is 31.1. The predicted octanol–water partition coefficient (Wildman–Crippen LogP) is 1.22. The second-order valence-corrected chi connectivity index (χ2v) is 7.59. The molecule has 7 heteroatoms. The topological polar surface area (TPSA) is 52.1 Å². The highest BCUT2D eigenvalue weighted by atomic mass is 127. The van der Waals surface area contributed by atoms with E-state index in [1.165, 1.54) is 0 Å². The second-order valence-electron chi connectivity index (χ2n) is 7.59. The van der Waals surface area contributed by atoms with Crippen LogP contribution in [0, 0.1) is 5.41 Å². The number of aliphatic imine (C=N–C) groups is 1. The molecule has 24 heavy (non-hydrogen) atoms. The summed E-state index contributed by atoms with van der Waals surface area (Å²) in [6, 6.07) is 0.905. The zero-order chi connectivity index (χ0) is 17.0. The third kappa shape index (κ3) is 5.19. The summed E-state index contributed by atoms with van der Waals surface area (Å²) in [5, 5.41) is 6.99. The van der Waals surface area contributed by atoms with Crippen LogP contribution >= 0.6 is 24.0 Å². The molecular weight excluding hydrogens is 417 g/mol. The van der Waals surface area contributed by atoms with Crippen LogP contribution in [-0.4, -0.2) is 87.9 Å². The van der Waals surface area contributed by atoms with Crippen molar-refractivity contribution in [1.82, 2.24) is 20.4 Å². The minimum absolute atomic E-state index is 0. The van der Waals surface area contributed by atoms with Gasteiger partial charge in [0.05, 0.1) is 12.6 Å². The van der Waals surface area contributed by atoms with Gasteiger partial charge in [-0.15, -0.1) is 24.0 Å². The molecule has 6 nitrogen and oxygen atoms in total. The zero-order valence-corrected chi connectivity index (χ0v) is 18.5. The molecule has 3 atom stereocenters. The number of guanidine groups is 1. The standard InChI is InChI=1S/C17H35N5O.HI/c1-7-18-16(20-14-10-15(23-6)17(14,2)3)19-11-13-12-21(4)8-9-22(13)5;/h13-15H,7-12H2,1-6H3,(H2,18,19,20);1H. The SMILES string of the molecule is CCNC(=NCC1CN(C)CCN1C)NC1CC(OC)C1(C)C.I. The Bertz CT molecular complexity index is 418. The van der Waals surface area contributed by atoms with Gasteiger partial charge in [-0.1, -0.05) is 13.8 Å². The second kappa shape index (κ2) is 9.54. The summed E-state index contributed by atoms with van der Waals surface area (Å²) in [7, 11) is 6.19. The largest absolute Gasteiger partial charge is 0.381 e. The molecule has 0 aromatic carbocycles. The number of hydrogen-bond donors (Lipinski definition) is 2. The molecule has 2 aliphatic rings. The molecule has 3 unspecified atom stereocenters. The first-order chi connectivity index (χ1) is 10.9. The highest BCUT2D eigenvalue weighted by molar-refractivity contribution is 14.0. The Labute approximate surface area is 164 Å². The molecule has 0 radical (unpaired) electrons. The minimum Gasteiger partial charge on any atom is -0.381 e. The van der Waals surface area contributed by atoms with Crippen LogP contribution in [-0.2, 0) is 4.74 Å². The molecule has 2 N–H and O–H groups in total. The van der Waals surface area contributed by atoms with E-state index >= 15 is 0 Å². The first-order valence-corrected chi connectivity index (χ1v) is 8.84. The van der Waals surface area contributed by atoms with Crippen molar-refractivity contribution in [3.05, 3.63) is 0 Å². The molecule has 2 fully saturated rings. The minimum atomic E-state index is 0. The van der Waals surface area contributed by atoms with E-state index in [2.05, 4.69) is 55.3 Å². The zero-order valence-electron chi connectivity index (χ0n) is 16.1. The van der Waals surface area contributed by atoms with Gasteiger partial charge in [0, 0.05) is 50.8 Å². The Morgan fingerprint density at radius 1 is 1.29 bits per heavy atom. The summed E-state index contributed by atoms with van der Waals surface area (Å²) in [6.45, 7) is 11.7. The molecule has 1 saturated carbocycles. The van der Waals surface area contributed by atoms with Crippen molar-refractivity contribution >= 4 is 29.9 Å². The molecule has 0 bridgehead atoms. The maximum absolute atomic E-state index is 5.54. The van der Waals surface area contributed by atoms with Crippen LogP contribution in [0.5, 0.6) is 0 Å². The first kappa shape index (κ1) is 21.9. The van der Waals surface area contributed by atoms with E-state index < -0.39 is 0 Å². The van der Waals surface area contributed by atoms with Gasteiger partial charge >= 0.3 is 0 Å². The summed E-state index contributed by atoms with van der Waals surface area (Å²) in [5.41, 5.74) is 0.146. The fourth-order valence-corrected chi connectivity index (χ4v) is 3.51. The van der Waals surface area contributed by atoms with Gasteiger partial charge in [0.25, 0.3) is 0 Å². The van der Waals surface area contributed by atoms with E-state index in [9.17, 15) is 0 Å². The van der Waals surface area contributed by atoms with Crippen molar-refractivity contribution in [1.29, 1.82) is 0 Å². The summed E-state index contributed by atoms with van der Waals surface area (Å²) in [6.07, 6.45) is 1.38. The highest BCUT2D eigenvalue weighted by Gasteiger charge is 2.48. The Balaban J connectivity index is 0.00000288. The fraction of sp³-hybridized carbons (Fsp3) is 0.941. The van der Waals surface area contributed by atoms with Crippen molar-refractivity contribution < 1.29 is 4.74 Å². The van der Waals surface area contributed by atoms with Crippen molar-refractivity contribution in [3.8, 4) is 0 Å². The number of nitrogens with zero attached hydrogens (tertiary/aromatic N) is 3. The molecule has 0 amide bonds. The lowest BCUT2D eigenvalue weighted by Crippen LogP contribution is -2.63. The Kier molecular flexibility index (Phi) is 8.72. The molecule has 1 heterocycles. The lowest BCUT2D eigenvalue weighted by Gasteiger charge is -2.51. The lowest BCUT2D eigenvalue weighted by molar-refractivity contribution is -0.0922. The molecular formula is C17H36IN5O. The van der Waals surface area contributed by atoms with Crippen LogP contribution in [0.2, 0.25) is 0 Å². The molecule has 142 valence electrons. The molecule has 1 aliphatic heterocycles. The molecule has 1 saturated heterocycles. The Morgan fingerprint density at radius 2 is 2.00 bits per heavy atom. The van der Waals surface area contributed by atoms with Crippen molar-refractivity contribution in [3.63, 3.8) is 0 Å². The van der Waals surface area contributed by atoms with Gasteiger partial charge in [0.1, 0.15) is 0 Å². The van der Waals surface area contributed by atoms with E-state index in [1.807, 2.05) is 0 Å². The maximum Gasteiger partial charge on any atom is 0.191 e. The average Bonchev–Trinajstić information content (AvgIpc) is 2.51. The molecule has 0 aromatic rings. The van der Waals surface area contributed by atoms with Gasteiger partial charge < -0.3 is 20.3 Å². The van der Waals surface area contributed by atoms with Crippen LogP contribution in [0.3, 0.4) is 0 Å². The number of methoxy groups -OCH3 is 1. The third-order valence-corrected chi connectivity index (χ3v) is 5.56. The van der Waals surface area contributed by atoms with E-state index in [4.69, 9.17) is 9.73 Å². The fourth-order valence-electron chi connectivity index (χ4n) is 3.51. The van der Waals surface area contributed by atoms with Gasteiger partial charge in [0.2, 0.25) is 0 Å². The molecule has 1 aliphatic carbocycles. The lowest BCUT2D eigenvalue weighted by atomic mass is 9.64. The number of ether oxygens (including phenoxy) is 1. The predicted molar refractivity (Wildman–Crippen MR) is 111 cm³/mol. The van der Waals surface area contributed by atoms with Crippen molar-refractivity contribution in [2.24, 2.45) is 10.4 Å². The van der Waals surface area contributed by atoms with Crippen molar-refractivity contribution in [2.75, 3.05) is 53.9 Å². The number of nitrogens with one attached hydrogen (secondary N) is 2. The van der Waals surface area contributed by atoms with Gasteiger partial charge in [-0.3, -0.25) is 9.89 Å². The highest BCUT2D eigenvalue weighted by Crippen LogP contribution is 2.42. The number of halogens is 1. The number of likely N-dealkylation sites (N-methyl/N-ethyl adjacent to an activating group) is 2. The smallest absolute Gasteiger partial charge is 0.191 e. The first-order valence-electron chi connectivity index (χ1n) is 8.84. The van der Waals surface area contributed by atoms with Gasteiger partial charge in [0.15, 0.2) is 5.96 Å². The molecule has 0 spiro atoms. The summed E-state index contributed by atoms with van der Waals surface area (Å²) in [5.74, 6) is 0.932. The van der Waals surface area contributed by atoms with E-state index in [0.717, 1.165) is 45.1 Å². The van der Waals surface area contributed by atoms with E-state index in [-0.39, 0.29) is 29.4 Å². The third-order valence-electron chi connectivity index (χ3n) is 5.56. The average molecular weight is 453 g/mol. The molecule has 0 aromatic heterocycles. The molecule has 2 rings (SSSR count). The van der Waals surface area contributed by atoms with E-state index in [1.54, 1.807) is 7.11 Å². The van der Waals surface area contributed by atoms with Crippen LogP contribution in [0.25, 0.3) is 0 Å². The van der Waals surface area contributed by atoms with Gasteiger partial charge in [-0.05, 0) is 27.4 Å². The summed E-state index contributed by atoms with van der Waals surface area (Å²) in [4.78, 5) is 9.65. The van der Waals surface area contributed by atoms with Crippen LogP contribution < -0.4 is 10.6 Å². The Morgan fingerprint density at radius 3 is 2.58 bits per heavy atom. The summed E-state index contributed by atoms with van der Waals surface area (Å²) < 4.78 is 5.54. The number of hydrogen-bond acceptors (Lipinski definition) is 4. The maximum atomic E-state index is 5.54. The van der Waals surface area contributed by atoms with Crippen molar-refractivity contribution in [2.45, 2.75) is 45.4 Å². The van der Waals surface area contributed by atoms with Gasteiger partial charge in [-0.2, -0.15) is 0 Å². The van der Waals surface area contributed by atoms with Crippen LogP contribution in [0.1, 0.15) is 27.2 Å². The quantitative estimate of drug-likeness (QED) is 0.373.